The lowest BCUT2D eigenvalue weighted by atomic mass is 10.3. The predicted molar refractivity (Wildman–Crippen MR) is 93.1 cm³/mol. The molecule has 0 N–H and O–H groups in total. The summed E-state index contributed by atoms with van der Waals surface area (Å²) in [7, 11) is 0. The number of Topliss-reactive ketones (excluding diaryl/α,β-unsaturated/α-hetero) is 1. The highest BCUT2D eigenvalue weighted by Gasteiger charge is 2.16. The number of nitrogens with zero attached hydrogens (tertiary/aromatic N) is 3. The molecular formula is C15H15N3OS3. The number of hydrogen-bond donors (Lipinski definition) is 0. The lowest BCUT2D eigenvalue weighted by Gasteiger charge is -2.05. The fourth-order valence-electron chi connectivity index (χ4n) is 2.05. The van der Waals surface area contributed by atoms with Crippen LogP contribution in [0.2, 0.25) is 0 Å². The van der Waals surface area contributed by atoms with Gasteiger partial charge in [0.1, 0.15) is 0 Å². The van der Waals surface area contributed by atoms with E-state index >= 15 is 0 Å². The number of aromatic nitrogens is 3. The van der Waals surface area contributed by atoms with E-state index < -0.39 is 0 Å². The second-order valence-electron chi connectivity index (χ2n) is 4.65. The van der Waals surface area contributed by atoms with Gasteiger partial charge in [-0.1, -0.05) is 17.8 Å². The Labute approximate surface area is 141 Å². The van der Waals surface area contributed by atoms with Crippen LogP contribution >= 0.6 is 34.4 Å². The van der Waals surface area contributed by atoms with Gasteiger partial charge in [-0.25, -0.2) is 0 Å². The van der Waals surface area contributed by atoms with Crippen LogP contribution < -0.4 is 0 Å². The van der Waals surface area contributed by atoms with E-state index in [1.807, 2.05) is 36.6 Å². The molecule has 0 radical (unpaired) electrons. The van der Waals surface area contributed by atoms with Crippen molar-refractivity contribution < 1.29 is 4.79 Å². The van der Waals surface area contributed by atoms with Crippen molar-refractivity contribution in [2.75, 3.05) is 5.75 Å². The van der Waals surface area contributed by atoms with Crippen LogP contribution in [0.15, 0.2) is 34.8 Å². The van der Waals surface area contributed by atoms with Gasteiger partial charge in [-0.05, 0) is 37.4 Å². The molecule has 0 unspecified atom stereocenters. The number of hydrogen-bond acceptors (Lipinski definition) is 6. The van der Waals surface area contributed by atoms with Gasteiger partial charge < -0.3 is 4.57 Å². The molecule has 0 fully saturated rings. The van der Waals surface area contributed by atoms with Crippen molar-refractivity contribution in [2.24, 2.45) is 0 Å². The van der Waals surface area contributed by atoms with E-state index in [9.17, 15) is 4.79 Å². The Bertz CT molecular complexity index is 774. The third-order valence-corrected chi connectivity index (χ3v) is 6.00. The molecule has 3 rings (SSSR count). The molecule has 0 bridgehead atoms. The number of carbonyl (C=O) groups excluding carboxylic acids is 1. The molecule has 0 aliphatic rings. The molecule has 3 aromatic rings. The van der Waals surface area contributed by atoms with Crippen molar-refractivity contribution in [1.29, 1.82) is 0 Å². The molecule has 0 aromatic carbocycles. The van der Waals surface area contributed by atoms with Gasteiger partial charge in [-0.2, -0.15) is 0 Å². The summed E-state index contributed by atoms with van der Waals surface area (Å²) < 4.78 is 2.06. The summed E-state index contributed by atoms with van der Waals surface area (Å²) in [6.45, 7) is 4.86. The third kappa shape index (κ3) is 3.16. The van der Waals surface area contributed by atoms with E-state index in [1.165, 1.54) is 11.8 Å². The highest BCUT2D eigenvalue weighted by molar-refractivity contribution is 7.99. The Kier molecular flexibility index (Phi) is 4.75. The minimum atomic E-state index is 0.145. The van der Waals surface area contributed by atoms with Crippen molar-refractivity contribution in [2.45, 2.75) is 25.5 Å². The first kappa shape index (κ1) is 15.5. The van der Waals surface area contributed by atoms with Crippen LogP contribution in [0.4, 0.5) is 0 Å². The zero-order chi connectivity index (χ0) is 15.5. The van der Waals surface area contributed by atoms with Gasteiger partial charge in [0, 0.05) is 11.4 Å². The van der Waals surface area contributed by atoms with Crippen LogP contribution in [0.25, 0.3) is 10.7 Å². The Balaban J connectivity index is 1.74. The van der Waals surface area contributed by atoms with Gasteiger partial charge in [-0.15, -0.1) is 32.9 Å². The minimum absolute atomic E-state index is 0.145. The van der Waals surface area contributed by atoms with Crippen molar-refractivity contribution in [3.05, 3.63) is 39.4 Å². The van der Waals surface area contributed by atoms with Gasteiger partial charge in [0.15, 0.2) is 16.8 Å². The quantitative estimate of drug-likeness (QED) is 0.490. The van der Waals surface area contributed by atoms with Gasteiger partial charge in [0.05, 0.1) is 15.5 Å². The Morgan fingerprint density at radius 3 is 2.82 bits per heavy atom. The number of ketones is 1. The Hall–Kier alpha value is -1.44. The topological polar surface area (TPSA) is 47.8 Å². The number of carbonyl (C=O) groups is 1. The fourth-order valence-corrected chi connectivity index (χ4v) is 4.55. The van der Waals surface area contributed by atoms with Crippen molar-refractivity contribution in [1.82, 2.24) is 14.8 Å². The van der Waals surface area contributed by atoms with Gasteiger partial charge in [0.2, 0.25) is 0 Å². The predicted octanol–water partition coefficient (Wildman–Crippen LogP) is 4.37. The van der Waals surface area contributed by atoms with E-state index in [-0.39, 0.29) is 5.78 Å². The first-order chi connectivity index (χ1) is 10.7. The second-order valence-corrected chi connectivity index (χ2v) is 7.83. The minimum Gasteiger partial charge on any atom is -0.302 e. The molecule has 0 spiro atoms. The van der Waals surface area contributed by atoms with E-state index in [2.05, 4.69) is 21.7 Å². The summed E-state index contributed by atoms with van der Waals surface area (Å²) in [5, 5.41) is 11.4. The van der Waals surface area contributed by atoms with Crippen LogP contribution in [0.1, 0.15) is 21.5 Å². The molecule has 7 heteroatoms. The van der Waals surface area contributed by atoms with E-state index in [1.54, 1.807) is 22.7 Å². The molecule has 3 heterocycles. The highest BCUT2D eigenvalue weighted by Crippen LogP contribution is 2.28. The average molecular weight is 350 g/mol. The number of rotatable bonds is 6. The van der Waals surface area contributed by atoms with Crippen LogP contribution in [0, 0.1) is 6.92 Å². The smallest absolute Gasteiger partial charge is 0.191 e. The molecule has 22 heavy (non-hydrogen) atoms. The maximum atomic E-state index is 12.2. The summed E-state index contributed by atoms with van der Waals surface area (Å²) in [5.74, 6) is 1.41. The molecule has 0 aliphatic carbocycles. The van der Waals surface area contributed by atoms with Crippen molar-refractivity contribution >= 4 is 40.2 Å². The molecule has 0 saturated carbocycles. The van der Waals surface area contributed by atoms with Gasteiger partial charge in [-0.3, -0.25) is 4.79 Å². The summed E-state index contributed by atoms with van der Waals surface area (Å²) in [5.41, 5.74) is 0. The van der Waals surface area contributed by atoms with Crippen LogP contribution in [-0.2, 0) is 6.54 Å². The summed E-state index contributed by atoms with van der Waals surface area (Å²) >= 11 is 4.64. The average Bonchev–Trinajstić information content (AvgIpc) is 3.24. The van der Waals surface area contributed by atoms with Crippen LogP contribution in [-0.4, -0.2) is 26.3 Å². The second kappa shape index (κ2) is 6.76. The summed E-state index contributed by atoms with van der Waals surface area (Å²) in [6, 6.07) is 7.91. The number of thioether (sulfide) groups is 1. The number of aryl methyl sites for hydroxylation is 1. The molecule has 0 amide bonds. The first-order valence-corrected chi connectivity index (χ1v) is 9.56. The van der Waals surface area contributed by atoms with E-state index in [4.69, 9.17) is 0 Å². The largest absolute Gasteiger partial charge is 0.302 e. The molecule has 3 aromatic heterocycles. The van der Waals surface area contributed by atoms with Crippen molar-refractivity contribution in [3.8, 4) is 10.7 Å². The number of thiophene rings is 2. The Morgan fingerprint density at radius 2 is 2.18 bits per heavy atom. The molecule has 0 atom stereocenters. The zero-order valence-electron chi connectivity index (χ0n) is 12.3. The summed E-state index contributed by atoms with van der Waals surface area (Å²) in [6.07, 6.45) is 0. The summed E-state index contributed by atoms with van der Waals surface area (Å²) in [4.78, 5) is 15.3. The van der Waals surface area contributed by atoms with Crippen LogP contribution in [0.5, 0.6) is 0 Å². The molecule has 0 saturated heterocycles. The molecule has 114 valence electrons. The van der Waals surface area contributed by atoms with Gasteiger partial charge >= 0.3 is 0 Å². The SMILES string of the molecule is CCn1c(SCC(=O)c2ccc(C)s2)nnc1-c1cccs1. The fraction of sp³-hybridized carbons (Fsp3) is 0.267. The molecule has 4 nitrogen and oxygen atoms in total. The van der Waals surface area contributed by atoms with E-state index in [0.717, 1.165) is 32.2 Å². The highest BCUT2D eigenvalue weighted by atomic mass is 32.2. The van der Waals surface area contributed by atoms with E-state index in [0.29, 0.717) is 5.75 Å². The monoisotopic (exact) mass is 349 g/mol. The lowest BCUT2D eigenvalue weighted by Crippen LogP contribution is -2.03. The molecule has 0 aliphatic heterocycles. The zero-order valence-corrected chi connectivity index (χ0v) is 14.7. The standard InChI is InChI=1S/C15H15N3OS3/c1-3-18-14(13-5-4-8-20-13)16-17-15(18)21-9-11(19)12-7-6-10(2)22-12/h4-8H,3,9H2,1-2H3. The van der Waals surface area contributed by atoms with Crippen molar-refractivity contribution in [3.63, 3.8) is 0 Å². The first-order valence-electron chi connectivity index (χ1n) is 6.88. The maximum absolute atomic E-state index is 12.2. The third-order valence-electron chi connectivity index (χ3n) is 3.12. The molecular weight excluding hydrogens is 334 g/mol. The van der Waals surface area contributed by atoms with Gasteiger partial charge in [0.25, 0.3) is 0 Å². The maximum Gasteiger partial charge on any atom is 0.191 e. The normalized spacial score (nSPS) is 11.0. The van der Waals surface area contributed by atoms with Crippen LogP contribution in [0.3, 0.4) is 0 Å². The lowest BCUT2D eigenvalue weighted by molar-refractivity contribution is 0.102. The Morgan fingerprint density at radius 1 is 1.32 bits per heavy atom.